The zero-order valence-corrected chi connectivity index (χ0v) is 7.97. The molecule has 0 spiro atoms. The maximum atomic E-state index is 10.6. The van der Waals surface area contributed by atoms with Crippen LogP contribution in [0.5, 0.6) is 0 Å². The van der Waals surface area contributed by atoms with Crippen LogP contribution in [0.2, 0.25) is 0 Å². The minimum Gasteiger partial charge on any atom is -0.481 e. The lowest BCUT2D eigenvalue weighted by Crippen LogP contribution is -2.43. The summed E-state index contributed by atoms with van der Waals surface area (Å²) < 4.78 is 4.62. The van der Waals surface area contributed by atoms with Crippen molar-refractivity contribution in [2.24, 2.45) is 0 Å². The lowest BCUT2D eigenvalue weighted by molar-refractivity contribution is -0.136. The molecule has 82 valence electrons. The largest absolute Gasteiger partial charge is 0.512 e. The second-order valence-electron chi connectivity index (χ2n) is 3.69. The Morgan fingerprint density at radius 2 is 2.20 bits per heavy atom. The van der Waals surface area contributed by atoms with Gasteiger partial charge < -0.3 is 19.8 Å². The third-order valence-electron chi connectivity index (χ3n) is 2.74. The zero-order valence-electron chi connectivity index (χ0n) is 7.97. The summed E-state index contributed by atoms with van der Waals surface area (Å²) in [5.74, 6) is -0.722. The molecule has 15 heavy (non-hydrogen) atoms. The van der Waals surface area contributed by atoms with Crippen molar-refractivity contribution in [2.45, 2.75) is 25.3 Å². The number of nitrogens with zero attached hydrogens (tertiary/aromatic N) is 1. The number of carboxylic acid groups (broad SMARTS) is 2. The number of hydrogen-bond donors (Lipinski definition) is 2. The molecule has 0 radical (unpaired) electrons. The Kier molecular flexibility index (Phi) is 2.26. The third-order valence-corrected chi connectivity index (χ3v) is 2.74. The Balaban J connectivity index is 2.15. The van der Waals surface area contributed by atoms with E-state index >= 15 is 0 Å². The van der Waals surface area contributed by atoms with Gasteiger partial charge in [-0.1, -0.05) is 0 Å². The number of ether oxygens (including phenoxy) is 1. The molecule has 2 aliphatic rings. The van der Waals surface area contributed by atoms with Gasteiger partial charge in [-0.2, -0.15) is 0 Å². The van der Waals surface area contributed by atoms with Gasteiger partial charge >= 0.3 is 12.1 Å². The molecule has 0 aromatic carbocycles. The highest BCUT2D eigenvalue weighted by Gasteiger charge is 2.40. The van der Waals surface area contributed by atoms with E-state index in [9.17, 15) is 9.59 Å². The number of aliphatic carboxylic acids is 1. The first-order valence-corrected chi connectivity index (χ1v) is 4.69. The predicted octanol–water partition coefficient (Wildman–Crippen LogP) is 0.845. The van der Waals surface area contributed by atoms with E-state index in [1.165, 1.54) is 0 Å². The van der Waals surface area contributed by atoms with Crippen LogP contribution in [0, 0.1) is 0 Å². The molecule has 0 amide bonds. The van der Waals surface area contributed by atoms with Crippen LogP contribution >= 0.6 is 0 Å². The summed E-state index contributed by atoms with van der Waals surface area (Å²) in [6, 6.07) is 0.244. The quantitative estimate of drug-likeness (QED) is 0.675. The highest BCUT2D eigenvalue weighted by molar-refractivity contribution is 5.71. The Morgan fingerprint density at radius 1 is 1.47 bits per heavy atom. The lowest BCUT2D eigenvalue weighted by Gasteiger charge is -2.37. The van der Waals surface area contributed by atoms with E-state index in [-0.39, 0.29) is 18.3 Å². The van der Waals surface area contributed by atoms with E-state index in [0.717, 1.165) is 13.0 Å². The van der Waals surface area contributed by atoms with Crippen molar-refractivity contribution in [3.63, 3.8) is 0 Å². The first-order valence-electron chi connectivity index (χ1n) is 4.69. The molecular formula is C9H11NO5. The summed E-state index contributed by atoms with van der Waals surface area (Å²) in [6.07, 6.45) is 0.0422. The monoisotopic (exact) mass is 213 g/mol. The summed E-state index contributed by atoms with van der Waals surface area (Å²) in [4.78, 5) is 22.8. The van der Waals surface area contributed by atoms with Gasteiger partial charge in [0.2, 0.25) is 5.88 Å². The molecule has 2 N–H and O–H groups in total. The zero-order chi connectivity index (χ0) is 11.0. The smallest absolute Gasteiger partial charge is 0.481 e. The lowest BCUT2D eigenvalue weighted by atomic mass is 10.0. The van der Waals surface area contributed by atoms with E-state index < -0.39 is 12.1 Å². The minimum atomic E-state index is -1.39. The topological polar surface area (TPSA) is 87.1 Å². The molecule has 6 nitrogen and oxygen atoms in total. The number of rotatable bonds is 3. The second kappa shape index (κ2) is 3.45. The van der Waals surface area contributed by atoms with Crippen LogP contribution in [0.25, 0.3) is 0 Å². The summed E-state index contributed by atoms with van der Waals surface area (Å²) >= 11 is 0. The van der Waals surface area contributed by atoms with E-state index in [2.05, 4.69) is 4.74 Å². The maximum Gasteiger partial charge on any atom is 0.512 e. The van der Waals surface area contributed by atoms with Gasteiger partial charge in [-0.15, -0.1) is 0 Å². The van der Waals surface area contributed by atoms with Crippen LogP contribution in [0.3, 0.4) is 0 Å². The molecule has 1 atom stereocenters. The van der Waals surface area contributed by atoms with Crippen molar-refractivity contribution in [3.8, 4) is 0 Å². The fourth-order valence-electron chi connectivity index (χ4n) is 2.04. The van der Waals surface area contributed by atoms with Crippen molar-refractivity contribution in [1.29, 1.82) is 0 Å². The van der Waals surface area contributed by atoms with Gasteiger partial charge in [0.05, 0.1) is 6.42 Å². The molecule has 2 rings (SSSR count). The van der Waals surface area contributed by atoms with Gasteiger partial charge in [0, 0.05) is 18.2 Å². The van der Waals surface area contributed by atoms with Gasteiger partial charge in [-0.3, -0.25) is 4.79 Å². The fraction of sp³-hybridized carbons (Fsp3) is 0.556. The van der Waals surface area contributed by atoms with Crippen LogP contribution < -0.4 is 0 Å². The highest BCUT2D eigenvalue weighted by Crippen LogP contribution is 2.38. The Labute approximate surface area is 85.7 Å². The van der Waals surface area contributed by atoms with Crippen molar-refractivity contribution >= 4 is 12.1 Å². The van der Waals surface area contributed by atoms with Crippen molar-refractivity contribution in [3.05, 3.63) is 11.5 Å². The van der Waals surface area contributed by atoms with Crippen LogP contribution in [0.15, 0.2) is 11.5 Å². The molecule has 0 aromatic rings. The number of carboxylic acids is 1. The average molecular weight is 213 g/mol. The SMILES string of the molecule is O=C(O)CC1=C(OC(=O)O)N2CCC2C1. The standard InChI is InChI=1S/C9H11NO5/c11-7(12)4-5-3-6-1-2-10(6)8(5)15-9(13)14/h6H,1-4H2,(H,11,12)(H,13,14). The van der Waals surface area contributed by atoms with Crippen molar-refractivity contribution in [2.75, 3.05) is 6.54 Å². The van der Waals surface area contributed by atoms with Gasteiger partial charge in [0.1, 0.15) is 0 Å². The Hall–Kier alpha value is -1.72. The van der Waals surface area contributed by atoms with Gasteiger partial charge in [-0.25, -0.2) is 4.79 Å². The van der Waals surface area contributed by atoms with Crippen molar-refractivity contribution < 1.29 is 24.5 Å². The molecule has 6 heteroatoms. The minimum absolute atomic E-state index is 0.143. The average Bonchev–Trinajstić information content (AvgIpc) is 2.25. The first kappa shape index (κ1) is 9.82. The van der Waals surface area contributed by atoms with Crippen LogP contribution in [-0.4, -0.2) is 39.8 Å². The third kappa shape index (κ3) is 1.74. The van der Waals surface area contributed by atoms with Crippen LogP contribution in [0.1, 0.15) is 19.3 Å². The van der Waals surface area contributed by atoms with E-state index in [0.29, 0.717) is 12.0 Å². The van der Waals surface area contributed by atoms with E-state index in [1.807, 2.05) is 4.90 Å². The first-order chi connectivity index (χ1) is 7.08. The number of fused-ring (bicyclic) bond motifs is 1. The molecular weight excluding hydrogens is 202 g/mol. The summed E-state index contributed by atoms with van der Waals surface area (Å²) in [5, 5.41) is 17.2. The highest BCUT2D eigenvalue weighted by atomic mass is 16.7. The molecule has 2 heterocycles. The molecule has 0 saturated carbocycles. The second-order valence-corrected chi connectivity index (χ2v) is 3.69. The van der Waals surface area contributed by atoms with Gasteiger partial charge in [-0.05, 0) is 12.8 Å². The molecule has 1 saturated heterocycles. The molecule has 0 aliphatic carbocycles. The molecule has 2 aliphatic heterocycles. The van der Waals surface area contributed by atoms with Gasteiger partial charge in [0.25, 0.3) is 0 Å². The molecule has 1 unspecified atom stereocenters. The maximum absolute atomic E-state index is 10.6. The fourth-order valence-corrected chi connectivity index (χ4v) is 2.04. The van der Waals surface area contributed by atoms with Crippen LogP contribution in [-0.2, 0) is 9.53 Å². The Morgan fingerprint density at radius 3 is 2.67 bits per heavy atom. The summed E-state index contributed by atoms with van der Waals surface area (Å²) in [5.41, 5.74) is 0.576. The molecule has 0 aromatic heterocycles. The van der Waals surface area contributed by atoms with Gasteiger partial charge in [0.15, 0.2) is 0 Å². The molecule has 1 fully saturated rings. The number of carbonyl (C=O) groups is 2. The van der Waals surface area contributed by atoms with E-state index in [1.54, 1.807) is 0 Å². The van der Waals surface area contributed by atoms with E-state index in [4.69, 9.17) is 10.2 Å². The molecule has 0 bridgehead atoms. The number of hydrogen-bond acceptors (Lipinski definition) is 4. The normalized spacial score (nSPS) is 23.5. The van der Waals surface area contributed by atoms with Crippen molar-refractivity contribution in [1.82, 2.24) is 4.90 Å². The van der Waals surface area contributed by atoms with Crippen LogP contribution in [0.4, 0.5) is 4.79 Å². The Bertz CT molecular complexity index is 348. The summed E-state index contributed by atoms with van der Waals surface area (Å²) in [7, 11) is 0. The predicted molar refractivity (Wildman–Crippen MR) is 48.1 cm³/mol. The summed E-state index contributed by atoms with van der Waals surface area (Å²) in [6.45, 7) is 0.746.